The number of amides is 3. The van der Waals surface area contributed by atoms with Crippen molar-refractivity contribution in [1.29, 1.82) is 0 Å². The zero-order valence-corrected chi connectivity index (χ0v) is 12.6. The highest BCUT2D eigenvalue weighted by atomic mass is 79.9. The van der Waals surface area contributed by atoms with Gasteiger partial charge in [0.15, 0.2) is 0 Å². The number of halogens is 1. The average molecular weight is 328 g/mol. The Morgan fingerprint density at radius 1 is 1.37 bits per heavy atom. The van der Waals surface area contributed by atoms with Crippen LogP contribution in [-0.2, 0) is 4.79 Å². The number of carbonyl (C=O) groups is 2. The van der Waals surface area contributed by atoms with Crippen molar-refractivity contribution in [2.45, 2.75) is 26.3 Å². The van der Waals surface area contributed by atoms with Gasteiger partial charge in [0.2, 0.25) is 5.91 Å². The van der Waals surface area contributed by atoms with E-state index >= 15 is 0 Å². The summed E-state index contributed by atoms with van der Waals surface area (Å²) in [6.45, 7) is 4.22. The second-order valence-corrected chi connectivity index (χ2v) is 5.04. The summed E-state index contributed by atoms with van der Waals surface area (Å²) in [4.78, 5) is 23.3. The maximum Gasteiger partial charge on any atom is 0.319 e. The molecule has 6 heteroatoms. The van der Waals surface area contributed by atoms with E-state index < -0.39 is 12.1 Å². The van der Waals surface area contributed by atoms with Crippen LogP contribution in [0.15, 0.2) is 28.7 Å². The molecule has 0 fully saturated rings. The van der Waals surface area contributed by atoms with Crippen molar-refractivity contribution in [3.8, 4) is 0 Å². The first kappa shape index (κ1) is 15.5. The first-order valence-electron chi connectivity index (χ1n) is 6.13. The summed E-state index contributed by atoms with van der Waals surface area (Å²) >= 11 is 3.32. The minimum atomic E-state index is -0.571. The summed E-state index contributed by atoms with van der Waals surface area (Å²) in [6, 6.07) is 6.25. The van der Waals surface area contributed by atoms with Crippen molar-refractivity contribution in [1.82, 2.24) is 10.6 Å². The van der Waals surface area contributed by atoms with Crippen LogP contribution < -0.4 is 16.0 Å². The maximum atomic E-state index is 11.7. The molecule has 1 unspecified atom stereocenters. The van der Waals surface area contributed by atoms with E-state index in [0.29, 0.717) is 12.2 Å². The van der Waals surface area contributed by atoms with Gasteiger partial charge in [-0.1, -0.05) is 28.9 Å². The fourth-order valence-electron chi connectivity index (χ4n) is 1.40. The van der Waals surface area contributed by atoms with Crippen LogP contribution in [0.3, 0.4) is 0 Å². The summed E-state index contributed by atoms with van der Waals surface area (Å²) < 4.78 is 0.874. The number of hydrogen-bond acceptors (Lipinski definition) is 2. The largest absolute Gasteiger partial charge is 0.354 e. The summed E-state index contributed by atoms with van der Waals surface area (Å²) in [6.07, 6.45) is 0.864. The molecule has 0 aliphatic carbocycles. The molecule has 3 amide bonds. The standard InChI is InChI=1S/C13H18BrN3O2/c1-3-7-15-12(18)9(2)16-13(19)17-11-6-4-5-10(14)8-11/h4-6,8-9H,3,7H2,1-2H3,(H,15,18)(H2,16,17,19). The van der Waals surface area contributed by atoms with E-state index in [1.807, 2.05) is 19.1 Å². The van der Waals surface area contributed by atoms with Gasteiger partial charge in [-0.3, -0.25) is 4.79 Å². The summed E-state index contributed by atoms with van der Waals surface area (Å²) in [5.74, 6) is -0.189. The zero-order valence-electron chi connectivity index (χ0n) is 11.0. The Morgan fingerprint density at radius 3 is 2.74 bits per heavy atom. The third-order valence-electron chi connectivity index (χ3n) is 2.37. The summed E-state index contributed by atoms with van der Waals surface area (Å²) in [5, 5.41) is 7.97. The third kappa shape index (κ3) is 5.74. The molecule has 1 rings (SSSR count). The van der Waals surface area contributed by atoms with Crippen LogP contribution in [-0.4, -0.2) is 24.5 Å². The van der Waals surface area contributed by atoms with Crippen LogP contribution in [0.25, 0.3) is 0 Å². The number of nitrogens with one attached hydrogen (secondary N) is 3. The molecule has 0 aliphatic rings. The lowest BCUT2D eigenvalue weighted by molar-refractivity contribution is -0.122. The second kappa shape index (κ2) is 7.78. The molecule has 0 saturated carbocycles. The van der Waals surface area contributed by atoms with Gasteiger partial charge in [-0.05, 0) is 31.5 Å². The molecule has 5 nitrogen and oxygen atoms in total. The van der Waals surface area contributed by atoms with Gasteiger partial charge in [0.25, 0.3) is 0 Å². The molecule has 0 spiro atoms. The molecule has 1 aromatic carbocycles. The van der Waals surface area contributed by atoms with Crippen LogP contribution in [0.4, 0.5) is 10.5 Å². The van der Waals surface area contributed by atoms with E-state index in [1.165, 1.54) is 0 Å². The molecular weight excluding hydrogens is 310 g/mol. The number of benzene rings is 1. The molecule has 0 aliphatic heterocycles. The van der Waals surface area contributed by atoms with E-state index in [2.05, 4.69) is 31.9 Å². The highest BCUT2D eigenvalue weighted by Gasteiger charge is 2.14. The van der Waals surface area contributed by atoms with E-state index in [0.717, 1.165) is 10.9 Å². The van der Waals surface area contributed by atoms with Gasteiger partial charge in [-0.2, -0.15) is 0 Å². The maximum absolute atomic E-state index is 11.7. The predicted octanol–water partition coefficient (Wildman–Crippen LogP) is 2.49. The quantitative estimate of drug-likeness (QED) is 0.777. The molecule has 0 radical (unpaired) electrons. The number of anilines is 1. The van der Waals surface area contributed by atoms with Gasteiger partial charge in [0, 0.05) is 16.7 Å². The van der Waals surface area contributed by atoms with Crippen LogP contribution in [0.5, 0.6) is 0 Å². The van der Waals surface area contributed by atoms with Crippen LogP contribution in [0.2, 0.25) is 0 Å². The van der Waals surface area contributed by atoms with Gasteiger partial charge >= 0.3 is 6.03 Å². The Hall–Kier alpha value is -1.56. The number of carbonyl (C=O) groups excluding carboxylic acids is 2. The molecule has 104 valence electrons. The van der Waals surface area contributed by atoms with E-state index in [1.54, 1.807) is 19.1 Å². The van der Waals surface area contributed by atoms with Gasteiger partial charge < -0.3 is 16.0 Å². The highest BCUT2D eigenvalue weighted by molar-refractivity contribution is 9.10. The van der Waals surface area contributed by atoms with Crippen molar-refractivity contribution < 1.29 is 9.59 Å². The second-order valence-electron chi connectivity index (χ2n) is 4.12. The first-order chi connectivity index (χ1) is 9.02. The van der Waals surface area contributed by atoms with Crippen molar-refractivity contribution in [3.05, 3.63) is 28.7 Å². The average Bonchev–Trinajstić information content (AvgIpc) is 2.35. The number of hydrogen-bond donors (Lipinski definition) is 3. The molecule has 0 aromatic heterocycles. The predicted molar refractivity (Wildman–Crippen MR) is 79.1 cm³/mol. The van der Waals surface area contributed by atoms with E-state index in [4.69, 9.17) is 0 Å². The van der Waals surface area contributed by atoms with Gasteiger partial charge in [-0.15, -0.1) is 0 Å². The summed E-state index contributed by atoms with van der Waals surface area (Å²) in [5.41, 5.74) is 0.660. The number of rotatable bonds is 5. The fraction of sp³-hybridized carbons (Fsp3) is 0.385. The Kier molecular flexibility index (Phi) is 6.35. The molecule has 1 atom stereocenters. The molecule has 0 heterocycles. The minimum absolute atomic E-state index is 0.189. The topological polar surface area (TPSA) is 70.2 Å². The normalized spacial score (nSPS) is 11.5. The minimum Gasteiger partial charge on any atom is -0.354 e. The van der Waals surface area contributed by atoms with Crippen molar-refractivity contribution in [2.24, 2.45) is 0 Å². The van der Waals surface area contributed by atoms with E-state index in [9.17, 15) is 9.59 Å². The molecule has 19 heavy (non-hydrogen) atoms. The smallest absolute Gasteiger partial charge is 0.319 e. The SMILES string of the molecule is CCCNC(=O)C(C)NC(=O)Nc1cccc(Br)c1. The molecule has 1 aromatic rings. The Morgan fingerprint density at radius 2 is 2.11 bits per heavy atom. The lowest BCUT2D eigenvalue weighted by atomic mass is 10.3. The molecule has 3 N–H and O–H groups in total. The molecular formula is C13H18BrN3O2. The highest BCUT2D eigenvalue weighted by Crippen LogP contribution is 2.15. The Balaban J connectivity index is 2.44. The van der Waals surface area contributed by atoms with Crippen LogP contribution in [0, 0.1) is 0 Å². The fourth-order valence-corrected chi connectivity index (χ4v) is 1.80. The summed E-state index contributed by atoms with van der Waals surface area (Å²) in [7, 11) is 0. The first-order valence-corrected chi connectivity index (χ1v) is 6.93. The van der Waals surface area contributed by atoms with E-state index in [-0.39, 0.29) is 5.91 Å². The van der Waals surface area contributed by atoms with Crippen molar-refractivity contribution in [3.63, 3.8) is 0 Å². The van der Waals surface area contributed by atoms with Crippen molar-refractivity contribution >= 4 is 33.6 Å². The van der Waals surface area contributed by atoms with Gasteiger partial charge in [0.05, 0.1) is 0 Å². The van der Waals surface area contributed by atoms with Crippen LogP contribution >= 0.6 is 15.9 Å². The third-order valence-corrected chi connectivity index (χ3v) is 2.87. The van der Waals surface area contributed by atoms with Crippen LogP contribution in [0.1, 0.15) is 20.3 Å². The zero-order chi connectivity index (χ0) is 14.3. The van der Waals surface area contributed by atoms with Gasteiger partial charge in [-0.25, -0.2) is 4.79 Å². The Bertz CT molecular complexity index is 451. The molecule has 0 bridgehead atoms. The van der Waals surface area contributed by atoms with Gasteiger partial charge in [0.1, 0.15) is 6.04 Å². The molecule has 0 saturated heterocycles. The van der Waals surface area contributed by atoms with Crippen molar-refractivity contribution in [2.75, 3.05) is 11.9 Å². The Labute approximate surface area is 121 Å². The lowest BCUT2D eigenvalue weighted by Crippen LogP contribution is -2.46. The number of urea groups is 1. The monoisotopic (exact) mass is 327 g/mol. The lowest BCUT2D eigenvalue weighted by Gasteiger charge is -2.14.